The summed E-state index contributed by atoms with van der Waals surface area (Å²) in [5.41, 5.74) is 4.72. The molecule has 0 aromatic heterocycles. The highest BCUT2D eigenvalue weighted by Gasteiger charge is 2.44. The number of aliphatic hydroxyl groups is 1. The lowest BCUT2D eigenvalue weighted by Crippen LogP contribution is -2.31. The first kappa shape index (κ1) is 24.3. The number of Topliss-reactive ketones (excluding diaryl/α,β-unsaturated/α-hetero) is 1. The van der Waals surface area contributed by atoms with Crippen LogP contribution in [-0.4, -0.2) is 29.9 Å². The molecule has 1 amide bonds. The molecule has 35 heavy (non-hydrogen) atoms. The van der Waals surface area contributed by atoms with Crippen LogP contribution in [0.1, 0.15) is 43.0 Å². The van der Waals surface area contributed by atoms with Gasteiger partial charge in [-0.3, -0.25) is 14.5 Å². The van der Waals surface area contributed by atoms with E-state index in [0.717, 1.165) is 35.5 Å². The van der Waals surface area contributed by atoms with Crippen molar-refractivity contribution in [3.8, 4) is 0 Å². The Morgan fingerprint density at radius 2 is 1.54 bits per heavy atom. The fourth-order valence-corrected chi connectivity index (χ4v) is 4.79. The second kappa shape index (κ2) is 10.6. The predicted octanol–water partition coefficient (Wildman–Crippen LogP) is 5.94. The van der Waals surface area contributed by atoms with Gasteiger partial charge in [0, 0.05) is 30.9 Å². The summed E-state index contributed by atoms with van der Waals surface area (Å²) in [6.45, 7) is 7.93. The molecule has 1 unspecified atom stereocenters. The molecule has 0 spiro atoms. The number of rotatable bonds is 9. The van der Waals surface area contributed by atoms with E-state index in [-0.39, 0.29) is 17.8 Å². The number of benzene rings is 3. The van der Waals surface area contributed by atoms with Crippen molar-refractivity contribution in [3.05, 3.63) is 107 Å². The van der Waals surface area contributed by atoms with E-state index in [4.69, 9.17) is 0 Å². The van der Waals surface area contributed by atoms with Crippen molar-refractivity contribution in [3.63, 3.8) is 0 Å². The summed E-state index contributed by atoms with van der Waals surface area (Å²) in [6, 6.07) is 24.6. The molecule has 0 saturated carbocycles. The number of ketones is 1. The molecule has 1 aliphatic rings. The number of hydrogen-bond acceptors (Lipinski definition) is 4. The minimum absolute atomic E-state index is 0.174. The fraction of sp³-hybridized carbons (Fsp3) is 0.267. The smallest absolute Gasteiger partial charge is 0.294 e. The van der Waals surface area contributed by atoms with Crippen molar-refractivity contribution in [2.24, 2.45) is 0 Å². The number of carbonyl (C=O) groups excluding carboxylic acids is 2. The van der Waals surface area contributed by atoms with E-state index in [2.05, 4.69) is 18.7 Å². The van der Waals surface area contributed by atoms with Crippen molar-refractivity contribution in [2.45, 2.75) is 39.7 Å². The van der Waals surface area contributed by atoms with Crippen LogP contribution in [0.4, 0.5) is 11.4 Å². The average molecular weight is 469 g/mol. The van der Waals surface area contributed by atoms with Gasteiger partial charge in [-0.15, -0.1) is 0 Å². The zero-order valence-electron chi connectivity index (χ0n) is 20.6. The molecule has 0 fully saturated rings. The van der Waals surface area contributed by atoms with Gasteiger partial charge in [-0.1, -0.05) is 54.6 Å². The molecule has 5 heteroatoms. The molecule has 1 atom stereocenters. The highest BCUT2D eigenvalue weighted by atomic mass is 16.3. The summed E-state index contributed by atoms with van der Waals surface area (Å²) in [7, 11) is 0. The number of hydrogen-bond donors (Lipinski definition) is 1. The number of amides is 1. The van der Waals surface area contributed by atoms with E-state index in [1.165, 1.54) is 0 Å². The summed E-state index contributed by atoms with van der Waals surface area (Å²) in [4.78, 5) is 30.6. The summed E-state index contributed by atoms with van der Waals surface area (Å²) >= 11 is 0. The summed E-state index contributed by atoms with van der Waals surface area (Å²) in [5, 5.41) is 11.0. The Labute approximate surface area is 207 Å². The standard InChI is InChI=1S/C30H32N2O3/c1-4-31(5-2)23-16-18-24(19-17-23)32-28(25-14-10-9-11-21(25)3)27(29(34)30(32)35)26(33)20-15-22-12-7-6-8-13-22/h6-14,16-19,28,34H,4-5,15,20H2,1-3H3. The molecule has 0 bridgehead atoms. The Hall–Kier alpha value is -3.86. The van der Waals surface area contributed by atoms with Crippen LogP contribution in [0.25, 0.3) is 0 Å². The van der Waals surface area contributed by atoms with E-state index < -0.39 is 17.7 Å². The normalized spacial score (nSPS) is 15.6. The molecule has 0 radical (unpaired) electrons. The van der Waals surface area contributed by atoms with Gasteiger partial charge >= 0.3 is 0 Å². The van der Waals surface area contributed by atoms with E-state index in [1.807, 2.05) is 85.8 Å². The third-order valence-corrected chi connectivity index (χ3v) is 6.73. The van der Waals surface area contributed by atoms with Crippen LogP contribution in [-0.2, 0) is 16.0 Å². The zero-order chi connectivity index (χ0) is 24.9. The molecule has 3 aromatic rings. The molecular weight excluding hydrogens is 436 g/mol. The summed E-state index contributed by atoms with van der Waals surface area (Å²) in [5.74, 6) is -1.21. The average Bonchev–Trinajstić information content (AvgIpc) is 3.15. The minimum atomic E-state index is -0.675. The van der Waals surface area contributed by atoms with E-state index in [1.54, 1.807) is 4.90 Å². The molecule has 1 N–H and O–H groups in total. The third kappa shape index (κ3) is 4.85. The SMILES string of the molecule is CCN(CC)c1ccc(N2C(=O)C(O)=C(C(=O)CCc3ccccc3)C2c2ccccc2C)cc1. The molecular formula is C30H32N2O3. The first-order valence-electron chi connectivity index (χ1n) is 12.2. The number of carbonyl (C=O) groups is 2. The van der Waals surface area contributed by atoms with Gasteiger partial charge < -0.3 is 10.0 Å². The highest BCUT2D eigenvalue weighted by Crippen LogP contribution is 2.42. The molecule has 5 nitrogen and oxygen atoms in total. The number of aliphatic hydroxyl groups excluding tert-OH is 1. The molecule has 180 valence electrons. The topological polar surface area (TPSA) is 60.9 Å². The van der Waals surface area contributed by atoms with E-state index >= 15 is 0 Å². The Morgan fingerprint density at radius 3 is 2.17 bits per heavy atom. The van der Waals surface area contributed by atoms with Crippen molar-refractivity contribution < 1.29 is 14.7 Å². The largest absolute Gasteiger partial charge is 0.503 e. The van der Waals surface area contributed by atoms with Crippen LogP contribution >= 0.6 is 0 Å². The van der Waals surface area contributed by atoms with E-state index in [0.29, 0.717) is 12.1 Å². The highest BCUT2D eigenvalue weighted by molar-refractivity contribution is 6.16. The molecule has 4 rings (SSSR count). The van der Waals surface area contributed by atoms with Crippen molar-refractivity contribution in [1.82, 2.24) is 0 Å². The monoisotopic (exact) mass is 468 g/mol. The second-order valence-electron chi connectivity index (χ2n) is 8.79. The van der Waals surface area contributed by atoms with Gasteiger partial charge in [0.05, 0.1) is 11.6 Å². The summed E-state index contributed by atoms with van der Waals surface area (Å²) < 4.78 is 0. The molecule has 0 saturated heterocycles. The third-order valence-electron chi connectivity index (χ3n) is 6.73. The van der Waals surface area contributed by atoms with Gasteiger partial charge in [0.25, 0.3) is 5.91 Å². The maximum absolute atomic E-state index is 13.5. The van der Waals surface area contributed by atoms with Crippen molar-refractivity contribution >= 4 is 23.1 Å². The first-order chi connectivity index (χ1) is 17.0. The van der Waals surface area contributed by atoms with Crippen LogP contribution in [0.3, 0.4) is 0 Å². The van der Waals surface area contributed by atoms with Crippen molar-refractivity contribution in [2.75, 3.05) is 22.9 Å². The van der Waals surface area contributed by atoms with Crippen LogP contribution in [0.5, 0.6) is 0 Å². The molecule has 1 aliphatic heterocycles. The second-order valence-corrected chi connectivity index (χ2v) is 8.79. The Morgan fingerprint density at radius 1 is 0.914 bits per heavy atom. The number of anilines is 2. The van der Waals surface area contributed by atoms with Gasteiger partial charge in [-0.25, -0.2) is 0 Å². The minimum Gasteiger partial charge on any atom is -0.503 e. The maximum atomic E-state index is 13.5. The van der Waals surface area contributed by atoms with Gasteiger partial charge in [0.2, 0.25) is 0 Å². The molecule has 1 heterocycles. The summed E-state index contributed by atoms with van der Waals surface area (Å²) in [6.07, 6.45) is 0.761. The Bertz CT molecular complexity index is 1230. The van der Waals surface area contributed by atoms with Crippen LogP contribution < -0.4 is 9.80 Å². The van der Waals surface area contributed by atoms with Crippen LogP contribution in [0.2, 0.25) is 0 Å². The lowest BCUT2D eigenvalue weighted by molar-refractivity contribution is -0.118. The lowest BCUT2D eigenvalue weighted by atomic mass is 9.90. The Kier molecular flexibility index (Phi) is 7.35. The van der Waals surface area contributed by atoms with E-state index in [9.17, 15) is 14.7 Å². The number of nitrogens with zero attached hydrogens (tertiary/aromatic N) is 2. The molecule has 0 aliphatic carbocycles. The first-order valence-corrected chi connectivity index (χ1v) is 12.2. The zero-order valence-corrected chi connectivity index (χ0v) is 20.6. The fourth-order valence-electron chi connectivity index (χ4n) is 4.79. The Balaban J connectivity index is 1.71. The van der Waals surface area contributed by atoms with Gasteiger partial charge in [0.1, 0.15) is 0 Å². The maximum Gasteiger partial charge on any atom is 0.294 e. The molecule has 3 aromatic carbocycles. The number of aryl methyl sites for hydroxylation is 2. The quantitative estimate of drug-likeness (QED) is 0.422. The predicted molar refractivity (Wildman–Crippen MR) is 141 cm³/mol. The van der Waals surface area contributed by atoms with Gasteiger partial charge in [-0.05, 0) is 68.1 Å². The van der Waals surface area contributed by atoms with Crippen LogP contribution in [0.15, 0.2) is 90.2 Å². The lowest BCUT2D eigenvalue weighted by Gasteiger charge is -2.29. The van der Waals surface area contributed by atoms with Gasteiger partial charge in [-0.2, -0.15) is 0 Å². The van der Waals surface area contributed by atoms with Crippen LogP contribution in [0, 0.1) is 6.92 Å². The van der Waals surface area contributed by atoms with Gasteiger partial charge in [0.15, 0.2) is 11.5 Å². The van der Waals surface area contributed by atoms with Crippen molar-refractivity contribution in [1.29, 1.82) is 0 Å².